The lowest BCUT2D eigenvalue weighted by atomic mass is 9.92. The second-order valence-electron chi connectivity index (χ2n) is 6.39. The molecule has 21 heavy (non-hydrogen) atoms. The van der Waals surface area contributed by atoms with Crippen LogP contribution in [0.5, 0.6) is 0 Å². The highest BCUT2D eigenvalue weighted by atomic mass is 35.5. The Hall–Kier alpha value is 0.990. The van der Waals surface area contributed by atoms with Crippen LogP contribution in [0.15, 0.2) is 0 Å². The average molecular weight is 353 g/mol. The van der Waals surface area contributed by atoms with Gasteiger partial charge >= 0.3 is 0 Å². The monoisotopic (exact) mass is 352 g/mol. The van der Waals surface area contributed by atoms with Crippen molar-refractivity contribution in [3.63, 3.8) is 0 Å². The van der Waals surface area contributed by atoms with E-state index in [2.05, 4.69) is 38.5 Å². The molecule has 0 aromatic rings. The molecule has 1 unspecified atom stereocenters. The molecule has 3 heteroatoms. The smallest absolute Gasteiger partial charge is 0.0353 e. The topological polar surface area (TPSA) is 0 Å². The third-order valence-corrected chi connectivity index (χ3v) is 7.95. The molecular formula is C18H37ClS2. The first-order valence-electron chi connectivity index (χ1n) is 9.03. The van der Waals surface area contributed by atoms with Crippen LogP contribution in [0.1, 0.15) is 91.9 Å². The maximum Gasteiger partial charge on any atom is 0.0353 e. The molecule has 0 nitrogen and oxygen atoms in total. The number of hydrogen-bond acceptors (Lipinski definition) is 2. The number of alkyl halides is 1. The quantitative estimate of drug-likeness (QED) is 0.166. The zero-order valence-electron chi connectivity index (χ0n) is 14.7. The van der Waals surface area contributed by atoms with Crippen molar-refractivity contribution < 1.29 is 0 Å². The fourth-order valence-corrected chi connectivity index (χ4v) is 5.88. The zero-order chi connectivity index (χ0) is 15.9. The molecule has 0 heterocycles. The average Bonchev–Trinajstić information content (AvgIpc) is 2.47. The van der Waals surface area contributed by atoms with Crippen LogP contribution in [0.25, 0.3) is 0 Å². The summed E-state index contributed by atoms with van der Waals surface area (Å²) in [6.07, 6.45) is 13.8. The van der Waals surface area contributed by atoms with Gasteiger partial charge in [0.2, 0.25) is 0 Å². The number of hydrogen-bond donors (Lipinski definition) is 0. The van der Waals surface area contributed by atoms with E-state index in [9.17, 15) is 0 Å². The molecule has 0 saturated carbocycles. The van der Waals surface area contributed by atoms with Gasteiger partial charge in [-0.25, -0.2) is 0 Å². The minimum Gasteiger partial charge on any atom is -0.125 e. The zero-order valence-corrected chi connectivity index (χ0v) is 17.1. The summed E-state index contributed by atoms with van der Waals surface area (Å²) in [5.74, 6) is 1.64. The van der Waals surface area contributed by atoms with Crippen LogP contribution in [0.2, 0.25) is 0 Å². The second-order valence-corrected chi connectivity index (χ2v) is 9.79. The fourth-order valence-electron chi connectivity index (χ4n) is 2.60. The molecular weight excluding hydrogens is 316 g/mol. The highest BCUT2D eigenvalue weighted by Crippen LogP contribution is 2.38. The van der Waals surface area contributed by atoms with Gasteiger partial charge in [0.1, 0.15) is 0 Å². The van der Waals surface area contributed by atoms with Crippen molar-refractivity contribution in [2.24, 2.45) is 5.92 Å². The van der Waals surface area contributed by atoms with Crippen LogP contribution in [-0.4, -0.2) is 16.4 Å². The summed E-state index contributed by atoms with van der Waals surface area (Å²) < 4.78 is 0. The van der Waals surface area contributed by atoms with Crippen molar-refractivity contribution >= 4 is 33.2 Å². The van der Waals surface area contributed by atoms with E-state index < -0.39 is 0 Å². The molecule has 0 bridgehead atoms. The molecule has 0 aromatic heterocycles. The van der Waals surface area contributed by atoms with Gasteiger partial charge in [-0.2, -0.15) is 0 Å². The molecule has 0 amide bonds. The van der Waals surface area contributed by atoms with Crippen molar-refractivity contribution in [2.45, 2.75) is 102 Å². The molecule has 0 aromatic carbocycles. The molecule has 0 N–H and O–H groups in total. The van der Waals surface area contributed by atoms with Crippen LogP contribution in [0.3, 0.4) is 0 Å². The Bertz CT molecular complexity index is 197. The van der Waals surface area contributed by atoms with Gasteiger partial charge in [0, 0.05) is 16.4 Å². The highest BCUT2D eigenvalue weighted by molar-refractivity contribution is 8.77. The molecule has 0 spiro atoms. The summed E-state index contributed by atoms with van der Waals surface area (Å²) in [6.45, 7) is 9.14. The predicted octanol–water partition coefficient (Wildman–Crippen LogP) is 7.94. The highest BCUT2D eigenvalue weighted by Gasteiger charge is 2.21. The molecule has 0 aliphatic heterocycles. The Kier molecular flexibility index (Phi) is 16.6. The molecule has 0 saturated heterocycles. The van der Waals surface area contributed by atoms with E-state index in [1.165, 1.54) is 64.2 Å². The van der Waals surface area contributed by atoms with Crippen molar-refractivity contribution in [1.82, 2.24) is 0 Å². The minimum absolute atomic E-state index is 0.641. The van der Waals surface area contributed by atoms with Gasteiger partial charge in [0.15, 0.2) is 0 Å². The first kappa shape index (κ1) is 22.0. The number of halogens is 1. The third kappa shape index (κ3) is 13.2. The molecule has 128 valence electrons. The van der Waals surface area contributed by atoms with Gasteiger partial charge in [0.05, 0.1) is 0 Å². The van der Waals surface area contributed by atoms with Crippen LogP contribution in [-0.2, 0) is 0 Å². The maximum atomic E-state index is 6.29. The summed E-state index contributed by atoms with van der Waals surface area (Å²) in [4.78, 5) is 0. The SMILES string of the molecule is CCCCCCC(CCCCCC)C(CCl)SSC(C)C. The standard InChI is InChI=1S/C18H37ClS2/c1-5-7-9-11-13-17(14-12-10-8-6-2)18(15-19)21-20-16(3)4/h16-18H,5-15H2,1-4H3. The van der Waals surface area contributed by atoms with E-state index in [1.807, 2.05) is 10.8 Å². The van der Waals surface area contributed by atoms with Gasteiger partial charge < -0.3 is 0 Å². The van der Waals surface area contributed by atoms with E-state index in [-0.39, 0.29) is 0 Å². The number of unbranched alkanes of at least 4 members (excludes halogenated alkanes) is 6. The Labute approximate surface area is 147 Å². The third-order valence-electron chi connectivity index (χ3n) is 3.91. The van der Waals surface area contributed by atoms with Crippen molar-refractivity contribution in [3.05, 3.63) is 0 Å². The van der Waals surface area contributed by atoms with Crippen LogP contribution < -0.4 is 0 Å². The van der Waals surface area contributed by atoms with Gasteiger partial charge in [-0.05, 0) is 18.8 Å². The molecule has 0 radical (unpaired) electrons. The van der Waals surface area contributed by atoms with Crippen molar-refractivity contribution in [1.29, 1.82) is 0 Å². The molecule has 0 rings (SSSR count). The lowest BCUT2D eigenvalue weighted by molar-refractivity contribution is 0.406. The molecule has 0 fully saturated rings. The molecule has 0 aliphatic carbocycles. The second kappa shape index (κ2) is 15.9. The van der Waals surface area contributed by atoms with Crippen LogP contribution in [0.4, 0.5) is 0 Å². The van der Waals surface area contributed by atoms with E-state index in [4.69, 9.17) is 11.6 Å². The maximum absolute atomic E-state index is 6.29. The first-order chi connectivity index (χ1) is 10.2. The minimum atomic E-state index is 0.641. The van der Waals surface area contributed by atoms with E-state index in [1.54, 1.807) is 0 Å². The van der Waals surface area contributed by atoms with Crippen LogP contribution in [0, 0.1) is 5.92 Å². The largest absolute Gasteiger partial charge is 0.125 e. The Morgan fingerprint density at radius 1 is 0.762 bits per heavy atom. The summed E-state index contributed by atoms with van der Waals surface area (Å²) in [7, 11) is 4.06. The van der Waals surface area contributed by atoms with Gasteiger partial charge in [-0.15, -0.1) is 11.6 Å². The number of rotatable bonds is 15. The van der Waals surface area contributed by atoms with E-state index in [0.29, 0.717) is 10.5 Å². The summed E-state index contributed by atoms with van der Waals surface area (Å²) >= 11 is 6.29. The Balaban J connectivity index is 4.21. The van der Waals surface area contributed by atoms with Gasteiger partial charge in [0.25, 0.3) is 0 Å². The first-order valence-corrected chi connectivity index (χ1v) is 11.8. The van der Waals surface area contributed by atoms with Gasteiger partial charge in [-0.3, -0.25) is 0 Å². The Morgan fingerprint density at radius 2 is 1.29 bits per heavy atom. The molecule has 0 aliphatic rings. The summed E-state index contributed by atoms with van der Waals surface area (Å²) in [6, 6.07) is 0. The summed E-state index contributed by atoms with van der Waals surface area (Å²) in [5.41, 5.74) is 0. The normalized spacial score (nSPS) is 13.3. The lowest BCUT2D eigenvalue weighted by Gasteiger charge is -2.25. The van der Waals surface area contributed by atoms with E-state index in [0.717, 1.165) is 11.8 Å². The molecule has 1 atom stereocenters. The fraction of sp³-hybridized carbons (Fsp3) is 1.00. The van der Waals surface area contributed by atoms with Crippen LogP contribution >= 0.6 is 33.2 Å². The van der Waals surface area contributed by atoms with E-state index >= 15 is 0 Å². The lowest BCUT2D eigenvalue weighted by Crippen LogP contribution is -2.19. The van der Waals surface area contributed by atoms with Gasteiger partial charge in [-0.1, -0.05) is 101 Å². The van der Waals surface area contributed by atoms with Crippen molar-refractivity contribution in [2.75, 3.05) is 5.88 Å². The predicted molar refractivity (Wildman–Crippen MR) is 106 cm³/mol. The summed E-state index contributed by atoms with van der Waals surface area (Å²) in [5, 5.41) is 1.34. The van der Waals surface area contributed by atoms with Crippen molar-refractivity contribution in [3.8, 4) is 0 Å². The Morgan fingerprint density at radius 3 is 1.67 bits per heavy atom.